The molecule has 1 saturated carbocycles. The smallest absolute Gasteiger partial charge is 0.0359 e. The Balaban J connectivity index is 2.84. The first-order valence-electron chi connectivity index (χ1n) is 7.76. The average Bonchev–Trinajstić information content (AvgIpc) is 2.30. The normalized spacial score (nSPS) is 35.2. The Kier molecular flexibility index (Phi) is 5.67. The summed E-state index contributed by atoms with van der Waals surface area (Å²) >= 11 is 0. The summed E-state index contributed by atoms with van der Waals surface area (Å²) in [5.41, 5.74) is 6.45. The minimum absolute atomic E-state index is 0.228. The standard InChI is InChI=1S/C16H34N2/c1-12(2)9-15(5)18(6)16(11-17)10-13(3)7-8-14(16)4/h12-15H,7-11,17H2,1-6H3. The molecule has 2 nitrogen and oxygen atoms in total. The zero-order valence-electron chi connectivity index (χ0n) is 13.4. The van der Waals surface area contributed by atoms with Crippen LogP contribution in [-0.2, 0) is 0 Å². The molecule has 0 spiro atoms. The molecule has 0 saturated heterocycles. The molecule has 1 fully saturated rings. The molecule has 1 rings (SSSR count). The van der Waals surface area contributed by atoms with Gasteiger partial charge in [-0.25, -0.2) is 0 Å². The van der Waals surface area contributed by atoms with Crippen LogP contribution >= 0.6 is 0 Å². The van der Waals surface area contributed by atoms with Crippen LogP contribution < -0.4 is 5.73 Å². The van der Waals surface area contributed by atoms with Crippen molar-refractivity contribution in [3.8, 4) is 0 Å². The van der Waals surface area contributed by atoms with E-state index in [2.05, 4.69) is 46.6 Å². The second-order valence-corrected chi connectivity index (χ2v) is 7.18. The fourth-order valence-electron chi connectivity index (χ4n) is 3.91. The lowest BCUT2D eigenvalue weighted by Gasteiger charge is -2.52. The number of nitrogens with two attached hydrogens (primary N) is 1. The molecule has 18 heavy (non-hydrogen) atoms. The van der Waals surface area contributed by atoms with Crippen LogP contribution in [0.15, 0.2) is 0 Å². The number of nitrogens with zero attached hydrogens (tertiary/aromatic N) is 1. The Morgan fingerprint density at radius 2 is 1.83 bits per heavy atom. The van der Waals surface area contributed by atoms with E-state index in [1.54, 1.807) is 0 Å². The van der Waals surface area contributed by atoms with Gasteiger partial charge in [0.15, 0.2) is 0 Å². The lowest BCUT2D eigenvalue weighted by molar-refractivity contribution is -0.0138. The number of rotatable bonds is 5. The molecule has 1 aliphatic carbocycles. The summed E-state index contributed by atoms with van der Waals surface area (Å²) in [7, 11) is 2.30. The van der Waals surface area contributed by atoms with Crippen molar-refractivity contribution < 1.29 is 0 Å². The quantitative estimate of drug-likeness (QED) is 0.813. The Morgan fingerprint density at radius 1 is 1.22 bits per heavy atom. The molecule has 1 aliphatic rings. The predicted molar refractivity (Wildman–Crippen MR) is 80.6 cm³/mol. The number of hydrogen-bond donors (Lipinski definition) is 1. The maximum absolute atomic E-state index is 6.22. The van der Waals surface area contributed by atoms with Crippen LogP contribution in [0, 0.1) is 17.8 Å². The van der Waals surface area contributed by atoms with Crippen molar-refractivity contribution in [2.45, 2.75) is 71.9 Å². The van der Waals surface area contributed by atoms with Gasteiger partial charge in [0.2, 0.25) is 0 Å². The van der Waals surface area contributed by atoms with E-state index in [9.17, 15) is 0 Å². The Bertz CT molecular complexity index is 251. The van der Waals surface area contributed by atoms with E-state index in [1.807, 2.05) is 0 Å². The molecule has 0 bridgehead atoms. The monoisotopic (exact) mass is 254 g/mol. The second-order valence-electron chi connectivity index (χ2n) is 7.18. The first-order valence-corrected chi connectivity index (χ1v) is 7.76. The molecule has 0 aromatic carbocycles. The van der Waals surface area contributed by atoms with Gasteiger partial charge in [0, 0.05) is 18.1 Å². The van der Waals surface area contributed by atoms with Gasteiger partial charge >= 0.3 is 0 Å². The molecule has 4 atom stereocenters. The van der Waals surface area contributed by atoms with Crippen LogP contribution in [-0.4, -0.2) is 30.1 Å². The fourth-order valence-corrected chi connectivity index (χ4v) is 3.91. The molecule has 0 aromatic rings. The molecule has 0 amide bonds. The first-order chi connectivity index (χ1) is 8.33. The first kappa shape index (κ1) is 16.0. The number of hydrogen-bond acceptors (Lipinski definition) is 2. The molecule has 2 heteroatoms. The van der Waals surface area contributed by atoms with Crippen LogP contribution in [0.3, 0.4) is 0 Å². The van der Waals surface area contributed by atoms with Crippen LogP contribution in [0.1, 0.15) is 60.3 Å². The highest BCUT2D eigenvalue weighted by molar-refractivity contribution is 5.00. The van der Waals surface area contributed by atoms with Crippen LogP contribution in [0.2, 0.25) is 0 Å². The third-order valence-corrected chi connectivity index (χ3v) is 5.24. The summed E-state index contributed by atoms with van der Waals surface area (Å²) in [6, 6.07) is 0.626. The lowest BCUT2D eigenvalue weighted by atomic mass is 9.68. The summed E-state index contributed by atoms with van der Waals surface area (Å²) in [5, 5.41) is 0. The maximum Gasteiger partial charge on any atom is 0.0359 e. The highest BCUT2D eigenvalue weighted by atomic mass is 15.2. The fraction of sp³-hybridized carbons (Fsp3) is 1.00. The lowest BCUT2D eigenvalue weighted by Crippen LogP contribution is -2.61. The molecule has 0 aliphatic heterocycles. The predicted octanol–water partition coefficient (Wildman–Crippen LogP) is 3.51. The van der Waals surface area contributed by atoms with Crippen molar-refractivity contribution in [1.29, 1.82) is 0 Å². The highest BCUT2D eigenvalue weighted by Crippen LogP contribution is 2.41. The van der Waals surface area contributed by atoms with Crippen molar-refractivity contribution >= 4 is 0 Å². The molecular formula is C16H34N2. The minimum Gasteiger partial charge on any atom is -0.329 e. The molecule has 0 radical (unpaired) electrons. The van der Waals surface area contributed by atoms with Gasteiger partial charge in [0.25, 0.3) is 0 Å². The summed E-state index contributed by atoms with van der Waals surface area (Å²) in [4.78, 5) is 2.60. The van der Waals surface area contributed by atoms with Gasteiger partial charge in [-0.05, 0) is 51.0 Å². The third-order valence-electron chi connectivity index (χ3n) is 5.24. The van der Waals surface area contributed by atoms with E-state index in [1.165, 1.54) is 25.7 Å². The zero-order valence-corrected chi connectivity index (χ0v) is 13.4. The molecule has 108 valence electrons. The second kappa shape index (κ2) is 6.38. The van der Waals surface area contributed by atoms with Gasteiger partial charge in [-0.2, -0.15) is 0 Å². The van der Waals surface area contributed by atoms with E-state index < -0.39 is 0 Å². The Hall–Kier alpha value is -0.0800. The van der Waals surface area contributed by atoms with Gasteiger partial charge in [0.05, 0.1) is 0 Å². The van der Waals surface area contributed by atoms with Gasteiger partial charge in [0.1, 0.15) is 0 Å². The number of likely N-dealkylation sites (N-methyl/N-ethyl adjacent to an activating group) is 1. The van der Waals surface area contributed by atoms with E-state index in [0.29, 0.717) is 6.04 Å². The van der Waals surface area contributed by atoms with Crippen LogP contribution in [0.25, 0.3) is 0 Å². The van der Waals surface area contributed by atoms with Crippen LogP contribution in [0.5, 0.6) is 0 Å². The summed E-state index contributed by atoms with van der Waals surface area (Å²) in [5.74, 6) is 2.30. The van der Waals surface area contributed by atoms with E-state index in [0.717, 1.165) is 24.3 Å². The molecule has 0 heterocycles. The summed E-state index contributed by atoms with van der Waals surface area (Å²) in [6.07, 6.45) is 5.23. The van der Waals surface area contributed by atoms with Crippen molar-refractivity contribution in [3.05, 3.63) is 0 Å². The highest BCUT2D eigenvalue weighted by Gasteiger charge is 2.44. The van der Waals surface area contributed by atoms with Crippen molar-refractivity contribution in [3.63, 3.8) is 0 Å². The molecule has 4 unspecified atom stereocenters. The van der Waals surface area contributed by atoms with Gasteiger partial charge in [-0.15, -0.1) is 0 Å². The average molecular weight is 254 g/mol. The van der Waals surface area contributed by atoms with E-state index in [4.69, 9.17) is 5.73 Å². The SMILES string of the molecule is CC(C)CC(C)N(C)C1(CN)CC(C)CCC1C. The van der Waals surface area contributed by atoms with Gasteiger partial charge in [-0.1, -0.05) is 34.1 Å². The third kappa shape index (κ3) is 3.27. The molecular weight excluding hydrogens is 220 g/mol. The largest absolute Gasteiger partial charge is 0.329 e. The molecule has 2 N–H and O–H groups in total. The van der Waals surface area contributed by atoms with Gasteiger partial charge in [-0.3, -0.25) is 4.90 Å². The maximum atomic E-state index is 6.22. The zero-order chi connectivity index (χ0) is 13.9. The van der Waals surface area contributed by atoms with Crippen molar-refractivity contribution in [2.75, 3.05) is 13.6 Å². The van der Waals surface area contributed by atoms with Crippen molar-refractivity contribution in [1.82, 2.24) is 4.90 Å². The Labute approximate surface area is 114 Å². The Morgan fingerprint density at radius 3 is 2.33 bits per heavy atom. The van der Waals surface area contributed by atoms with Gasteiger partial charge < -0.3 is 5.73 Å². The summed E-state index contributed by atoms with van der Waals surface area (Å²) in [6.45, 7) is 12.6. The van der Waals surface area contributed by atoms with Crippen molar-refractivity contribution in [2.24, 2.45) is 23.5 Å². The molecule has 0 aromatic heterocycles. The topological polar surface area (TPSA) is 29.3 Å². The van der Waals surface area contributed by atoms with E-state index in [-0.39, 0.29) is 5.54 Å². The minimum atomic E-state index is 0.228. The van der Waals surface area contributed by atoms with Crippen LogP contribution in [0.4, 0.5) is 0 Å². The summed E-state index contributed by atoms with van der Waals surface area (Å²) < 4.78 is 0. The van der Waals surface area contributed by atoms with E-state index >= 15 is 0 Å².